The Morgan fingerprint density at radius 2 is 2.38 bits per heavy atom. The van der Waals surface area contributed by atoms with E-state index in [1.807, 2.05) is 0 Å². The average Bonchev–Trinajstić information content (AvgIpc) is 1.83. The lowest BCUT2D eigenvalue weighted by atomic mass is 11.3. The lowest BCUT2D eigenvalue weighted by Gasteiger charge is -1.78. The topological polar surface area (TPSA) is 59.9 Å². The highest BCUT2D eigenvalue weighted by atomic mass is 32.2. The van der Waals surface area contributed by atoms with E-state index in [1.54, 1.807) is 12.4 Å². The van der Waals surface area contributed by atoms with Gasteiger partial charge in [-0.05, 0) is 6.26 Å². The van der Waals surface area contributed by atoms with Crippen LogP contribution in [0.15, 0.2) is 4.99 Å². The predicted molar refractivity (Wildman–Crippen MR) is 35.9 cm³/mol. The summed E-state index contributed by atoms with van der Waals surface area (Å²) in [4.78, 5) is 3.26. The van der Waals surface area contributed by atoms with Crippen LogP contribution in [0.3, 0.4) is 0 Å². The van der Waals surface area contributed by atoms with Crippen molar-refractivity contribution >= 4 is 27.5 Å². The average molecular weight is 145 g/mol. The smallest absolute Gasteiger partial charge is 0.170 e. The highest BCUT2D eigenvalue weighted by Crippen LogP contribution is 2.02. The molecule has 0 amide bonds. The first-order valence-corrected chi connectivity index (χ1v) is 3.67. The third-order valence-corrected chi connectivity index (χ3v) is 1.81. The molecule has 0 aliphatic carbocycles. The van der Waals surface area contributed by atoms with E-state index < -0.39 is 0 Å². The van der Waals surface area contributed by atoms with Crippen LogP contribution in [-0.2, 0) is 0 Å². The van der Waals surface area contributed by atoms with Gasteiger partial charge in [-0.3, -0.25) is 0 Å². The van der Waals surface area contributed by atoms with Gasteiger partial charge in [0.15, 0.2) is 4.38 Å². The SMILES string of the molecule is CS/C(=N\C#N)S#N. The van der Waals surface area contributed by atoms with Gasteiger partial charge in [0.1, 0.15) is 0 Å². The molecule has 0 bridgehead atoms. The molecule has 0 aromatic rings. The van der Waals surface area contributed by atoms with Crippen LogP contribution in [0.4, 0.5) is 0 Å². The van der Waals surface area contributed by atoms with Gasteiger partial charge in [0.05, 0.1) is 11.4 Å². The molecule has 0 aromatic heterocycles. The molecule has 0 unspecified atom stereocenters. The van der Waals surface area contributed by atoms with Gasteiger partial charge in [-0.1, -0.05) is 11.8 Å². The third-order valence-electron chi connectivity index (χ3n) is 0.394. The van der Waals surface area contributed by atoms with Crippen molar-refractivity contribution in [3.05, 3.63) is 0 Å². The third kappa shape index (κ3) is 2.59. The molecule has 0 atom stereocenters. The van der Waals surface area contributed by atoms with Crippen LogP contribution in [0.25, 0.3) is 0 Å². The molecule has 0 radical (unpaired) electrons. The zero-order valence-electron chi connectivity index (χ0n) is 4.16. The maximum absolute atomic E-state index is 8.27. The molecule has 0 saturated heterocycles. The molecule has 3 nitrogen and oxygen atoms in total. The molecular weight excluding hydrogens is 142 g/mol. The molecule has 0 aromatic carbocycles. The number of nitrogens with zero attached hydrogens (tertiary/aromatic N) is 3. The van der Waals surface area contributed by atoms with Crippen LogP contribution in [0.5, 0.6) is 0 Å². The summed E-state index contributed by atoms with van der Waals surface area (Å²) in [7, 11) is 0. The Balaban J connectivity index is 3.98. The van der Waals surface area contributed by atoms with E-state index >= 15 is 0 Å². The van der Waals surface area contributed by atoms with Gasteiger partial charge >= 0.3 is 0 Å². The van der Waals surface area contributed by atoms with E-state index in [0.717, 1.165) is 0 Å². The van der Waals surface area contributed by atoms with E-state index in [1.165, 1.54) is 11.8 Å². The first-order chi connectivity index (χ1) is 3.85. The second-order valence-electron chi connectivity index (χ2n) is 0.773. The molecule has 0 spiro atoms. The Morgan fingerprint density at radius 3 is 2.50 bits per heavy atom. The molecule has 0 rings (SSSR count). The summed E-state index contributed by atoms with van der Waals surface area (Å²) in [6.45, 7) is 0. The standard InChI is InChI=1S/C3H3N3S2/c1-7-3(8-5)6-2-4/h1H3/b6-3+. The van der Waals surface area contributed by atoms with Gasteiger partial charge in [0, 0.05) is 0 Å². The van der Waals surface area contributed by atoms with Crippen molar-refractivity contribution in [1.82, 2.24) is 0 Å². The summed E-state index contributed by atoms with van der Waals surface area (Å²) >= 11 is 1.72. The second kappa shape index (κ2) is 4.60. The summed E-state index contributed by atoms with van der Waals surface area (Å²) in [5, 5.41) is 7.92. The quantitative estimate of drug-likeness (QED) is 0.294. The van der Waals surface area contributed by atoms with Gasteiger partial charge in [-0.25, -0.2) is 0 Å². The largest absolute Gasteiger partial charge is 0.207 e. The molecule has 0 heterocycles. The van der Waals surface area contributed by atoms with E-state index in [4.69, 9.17) is 9.87 Å². The molecular formula is C3H3N3S2. The fraction of sp³-hybridized carbons (Fsp3) is 0.333. The highest BCUT2D eigenvalue weighted by Gasteiger charge is 1.88. The summed E-state index contributed by atoms with van der Waals surface area (Å²) in [5.74, 6) is 0. The number of hydrogen-bond donors (Lipinski definition) is 0. The Kier molecular flexibility index (Phi) is 4.27. The van der Waals surface area contributed by atoms with Crippen LogP contribution >= 0.6 is 23.2 Å². The summed E-state index contributed by atoms with van der Waals surface area (Å²) in [6, 6.07) is 0. The molecule has 0 N–H and O–H groups in total. The summed E-state index contributed by atoms with van der Waals surface area (Å²) < 4.78 is 8.64. The Labute approximate surface area is 55.4 Å². The lowest BCUT2D eigenvalue weighted by Crippen LogP contribution is -1.72. The van der Waals surface area contributed by atoms with Crippen molar-refractivity contribution in [2.45, 2.75) is 0 Å². The Hall–Kier alpha value is -0.560. The van der Waals surface area contributed by atoms with Crippen molar-refractivity contribution < 1.29 is 0 Å². The fourth-order valence-electron chi connectivity index (χ4n) is 0.144. The lowest BCUT2D eigenvalue weighted by molar-refractivity contribution is 1.45. The van der Waals surface area contributed by atoms with Crippen molar-refractivity contribution in [1.29, 1.82) is 9.87 Å². The van der Waals surface area contributed by atoms with Crippen molar-refractivity contribution in [3.8, 4) is 6.19 Å². The predicted octanol–water partition coefficient (Wildman–Crippen LogP) is 1.40. The van der Waals surface area contributed by atoms with Crippen molar-refractivity contribution in [2.75, 3.05) is 6.26 Å². The second-order valence-corrected chi connectivity index (χ2v) is 2.40. The van der Waals surface area contributed by atoms with Crippen LogP contribution in [0, 0.1) is 16.1 Å². The van der Waals surface area contributed by atoms with Gasteiger partial charge in [-0.15, -0.1) is 0 Å². The van der Waals surface area contributed by atoms with Gasteiger partial charge in [-0.2, -0.15) is 14.9 Å². The normalized spacial score (nSPS) is 10.1. The van der Waals surface area contributed by atoms with Crippen LogP contribution in [-0.4, -0.2) is 10.6 Å². The molecule has 0 saturated carbocycles. The zero-order chi connectivity index (χ0) is 6.41. The summed E-state index contributed by atoms with van der Waals surface area (Å²) in [5.41, 5.74) is 0. The minimum Gasteiger partial charge on any atom is -0.170 e. The minimum atomic E-state index is 0.368. The molecule has 0 aliphatic heterocycles. The number of hydrogen-bond acceptors (Lipinski definition) is 4. The maximum atomic E-state index is 8.27. The molecule has 5 heteroatoms. The van der Waals surface area contributed by atoms with Crippen LogP contribution < -0.4 is 0 Å². The molecule has 0 aliphatic rings. The molecule has 0 fully saturated rings. The fourth-order valence-corrected chi connectivity index (χ4v) is 0.656. The van der Waals surface area contributed by atoms with Gasteiger partial charge < -0.3 is 0 Å². The first kappa shape index (κ1) is 7.44. The Morgan fingerprint density at radius 1 is 1.75 bits per heavy atom. The van der Waals surface area contributed by atoms with E-state index in [9.17, 15) is 0 Å². The van der Waals surface area contributed by atoms with Crippen LogP contribution in [0.2, 0.25) is 0 Å². The molecule has 8 heavy (non-hydrogen) atoms. The Bertz CT molecular complexity index is 172. The van der Waals surface area contributed by atoms with Gasteiger partial charge in [0.2, 0.25) is 6.19 Å². The van der Waals surface area contributed by atoms with Gasteiger partial charge in [0.25, 0.3) is 0 Å². The minimum absolute atomic E-state index is 0.368. The van der Waals surface area contributed by atoms with Crippen molar-refractivity contribution in [2.24, 2.45) is 4.99 Å². The highest BCUT2D eigenvalue weighted by molar-refractivity contribution is 8.33. The summed E-state index contributed by atoms with van der Waals surface area (Å²) in [6.07, 6.45) is 3.29. The zero-order valence-corrected chi connectivity index (χ0v) is 5.79. The maximum Gasteiger partial charge on any atom is 0.207 e. The number of nitriles is 1. The van der Waals surface area contributed by atoms with E-state index in [2.05, 4.69) is 4.99 Å². The first-order valence-electron chi connectivity index (χ1n) is 1.67. The molecule has 42 valence electrons. The monoisotopic (exact) mass is 145 g/mol. The number of thioether (sulfide) groups is 1. The van der Waals surface area contributed by atoms with Crippen molar-refractivity contribution in [3.63, 3.8) is 0 Å². The van der Waals surface area contributed by atoms with E-state index in [0.29, 0.717) is 15.8 Å². The number of aliphatic imine (C=N–C) groups is 1. The van der Waals surface area contributed by atoms with E-state index in [-0.39, 0.29) is 0 Å². The number of rotatable bonds is 0. The van der Waals surface area contributed by atoms with Crippen LogP contribution in [0.1, 0.15) is 0 Å².